The number of hydrogen-bond acceptors (Lipinski definition) is 8. The smallest absolute Gasteiger partial charge is 0.408 e. The molecule has 3 N–H and O–H groups in total. The summed E-state index contributed by atoms with van der Waals surface area (Å²) in [6.45, 7) is 7.68. The molecule has 11 heteroatoms. The van der Waals surface area contributed by atoms with Crippen LogP contribution in [0.25, 0.3) is 0 Å². The fraction of sp³-hybridized carbons (Fsp3) is 0.542. The van der Waals surface area contributed by atoms with Crippen LogP contribution in [0.3, 0.4) is 0 Å². The van der Waals surface area contributed by atoms with Crippen LogP contribution in [0, 0.1) is 17.2 Å². The van der Waals surface area contributed by atoms with Crippen LogP contribution in [-0.4, -0.2) is 65.7 Å². The number of hydrogen-bond donors (Lipinski definition) is 3. The third kappa shape index (κ3) is 9.16. The summed E-state index contributed by atoms with van der Waals surface area (Å²) >= 11 is 0. The van der Waals surface area contributed by atoms with E-state index in [1.165, 1.54) is 24.3 Å². The number of ether oxygens (including phenoxy) is 2. The van der Waals surface area contributed by atoms with Gasteiger partial charge in [-0.1, -0.05) is 32.4 Å². The maximum absolute atomic E-state index is 13.7. The Bertz CT molecular complexity index is 935. The first-order valence-corrected chi connectivity index (χ1v) is 11.1. The largest absolute Gasteiger partial charge is 0.508 e. The number of aromatic hydroxyl groups is 1. The third-order valence-corrected chi connectivity index (χ3v) is 5.08. The highest BCUT2D eigenvalue weighted by Gasteiger charge is 2.38. The number of nitrogens with one attached hydrogen (secondary N) is 2. The van der Waals surface area contributed by atoms with Crippen LogP contribution >= 0.6 is 0 Å². The Morgan fingerprint density at radius 3 is 2.26 bits per heavy atom. The van der Waals surface area contributed by atoms with Gasteiger partial charge in [0.05, 0.1) is 13.2 Å². The van der Waals surface area contributed by atoms with Crippen molar-refractivity contribution >= 4 is 23.9 Å². The second kappa shape index (κ2) is 13.2. The molecule has 0 aromatic heterocycles. The van der Waals surface area contributed by atoms with Crippen molar-refractivity contribution in [2.24, 2.45) is 5.92 Å². The topological polar surface area (TPSA) is 158 Å². The van der Waals surface area contributed by atoms with E-state index in [2.05, 4.69) is 15.4 Å². The lowest BCUT2D eigenvalue weighted by Gasteiger charge is -2.34. The quantitative estimate of drug-likeness (QED) is 0.332. The highest BCUT2D eigenvalue weighted by molar-refractivity contribution is 5.93. The van der Waals surface area contributed by atoms with E-state index in [9.17, 15) is 29.5 Å². The highest BCUT2D eigenvalue weighted by Crippen LogP contribution is 2.26. The first kappa shape index (κ1) is 29.2. The zero-order valence-electron chi connectivity index (χ0n) is 21.0. The van der Waals surface area contributed by atoms with E-state index < -0.39 is 54.7 Å². The molecule has 192 valence electrons. The van der Waals surface area contributed by atoms with Gasteiger partial charge in [0.1, 0.15) is 36.5 Å². The molecule has 0 spiro atoms. The number of carbonyl (C=O) groups is 4. The third-order valence-electron chi connectivity index (χ3n) is 5.08. The minimum atomic E-state index is -1.33. The molecule has 0 aliphatic rings. The van der Waals surface area contributed by atoms with Crippen LogP contribution in [0.2, 0.25) is 0 Å². The molecule has 1 aromatic rings. The summed E-state index contributed by atoms with van der Waals surface area (Å²) in [5, 5.41) is 24.1. The molecule has 0 aliphatic heterocycles. The molecule has 0 fully saturated rings. The molecular formula is C24H34N4O7. The predicted octanol–water partition coefficient (Wildman–Crippen LogP) is 2.01. The molecular weight excluding hydrogens is 456 g/mol. The molecule has 1 rings (SSSR count). The van der Waals surface area contributed by atoms with Gasteiger partial charge >= 0.3 is 12.1 Å². The number of carbonyl (C=O) groups excluding carboxylic acids is 4. The molecule has 0 saturated carbocycles. The number of phenols is 1. The number of esters is 1. The Morgan fingerprint density at radius 2 is 1.77 bits per heavy atom. The summed E-state index contributed by atoms with van der Waals surface area (Å²) in [6, 6.07) is 4.96. The van der Waals surface area contributed by atoms with E-state index in [-0.39, 0.29) is 17.2 Å². The van der Waals surface area contributed by atoms with E-state index in [0.29, 0.717) is 6.42 Å². The van der Waals surface area contributed by atoms with Crippen LogP contribution in [0.5, 0.6) is 5.75 Å². The van der Waals surface area contributed by atoms with Gasteiger partial charge in [0.15, 0.2) is 0 Å². The lowest BCUT2D eigenvalue weighted by Crippen LogP contribution is -2.55. The van der Waals surface area contributed by atoms with Crippen LogP contribution in [0.4, 0.5) is 4.79 Å². The molecule has 1 aromatic carbocycles. The van der Waals surface area contributed by atoms with Crippen molar-refractivity contribution < 1.29 is 33.8 Å². The Labute approximate surface area is 205 Å². The number of amides is 3. The molecule has 3 amide bonds. The van der Waals surface area contributed by atoms with Gasteiger partial charge in [-0.2, -0.15) is 5.26 Å². The SMILES string of the molecule is CCC(C)C(NC(=O)OC(C)(C)C)C(=O)N(CC#N)C(C(=O)NCC(=O)OC)c1ccc(O)cc1. The minimum Gasteiger partial charge on any atom is -0.508 e. The average Bonchev–Trinajstić information content (AvgIpc) is 2.79. The van der Waals surface area contributed by atoms with Crippen molar-refractivity contribution in [2.45, 2.75) is 58.7 Å². The number of benzene rings is 1. The van der Waals surface area contributed by atoms with Crippen LogP contribution in [0.15, 0.2) is 24.3 Å². The van der Waals surface area contributed by atoms with Crippen molar-refractivity contribution in [3.8, 4) is 11.8 Å². The molecule has 3 atom stereocenters. The fourth-order valence-electron chi connectivity index (χ4n) is 3.13. The molecule has 0 radical (unpaired) electrons. The molecule has 3 unspecified atom stereocenters. The molecule has 0 heterocycles. The number of alkyl carbamates (subject to hydrolysis) is 1. The second-order valence-electron chi connectivity index (χ2n) is 8.92. The Morgan fingerprint density at radius 1 is 1.17 bits per heavy atom. The van der Waals surface area contributed by atoms with E-state index in [4.69, 9.17) is 4.74 Å². The fourth-order valence-corrected chi connectivity index (χ4v) is 3.13. The minimum absolute atomic E-state index is 0.0651. The van der Waals surface area contributed by atoms with Gasteiger partial charge in [-0.3, -0.25) is 14.4 Å². The predicted molar refractivity (Wildman–Crippen MR) is 126 cm³/mol. The van der Waals surface area contributed by atoms with Gasteiger partial charge in [0.2, 0.25) is 11.8 Å². The summed E-state index contributed by atoms with van der Waals surface area (Å²) in [4.78, 5) is 51.9. The van der Waals surface area contributed by atoms with Crippen molar-refractivity contribution in [1.82, 2.24) is 15.5 Å². The van der Waals surface area contributed by atoms with Crippen molar-refractivity contribution in [3.63, 3.8) is 0 Å². The zero-order chi connectivity index (χ0) is 26.8. The van der Waals surface area contributed by atoms with E-state index in [0.717, 1.165) is 12.0 Å². The van der Waals surface area contributed by atoms with Crippen molar-refractivity contribution in [3.05, 3.63) is 29.8 Å². The highest BCUT2D eigenvalue weighted by atomic mass is 16.6. The summed E-state index contributed by atoms with van der Waals surface area (Å²) in [7, 11) is 1.16. The van der Waals surface area contributed by atoms with Crippen LogP contribution < -0.4 is 10.6 Å². The summed E-state index contributed by atoms with van der Waals surface area (Å²) in [5.74, 6) is -2.56. The standard InChI is InChI=1S/C24H34N4O7/c1-7-15(2)19(27-23(33)35-24(3,4)5)22(32)28(13-12-25)20(16-8-10-17(29)11-9-16)21(31)26-14-18(30)34-6/h8-11,15,19-20,29H,7,13-14H2,1-6H3,(H,26,31)(H,27,33). The molecule has 0 bridgehead atoms. The Hall–Kier alpha value is -3.81. The van der Waals surface area contributed by atoms with Gasteiger partial charge in [-0.15, -0.1) is 0 Å². The van der Waals surface area contributed by atoms with Gasteiger partial charge < -0.3 is 30.1 Å². The molecule has 0 saturated heterocycles. The van der Waals surface area contributed by atoms with Crippen molar-refractivity contribution in [2.75, 3.05) is 20.2 Å². The molecule has 0 aliphatic carbocycles. The summed E-state index contributed by atoms with van der Waals surface area (Å²) < 4.78 is 9.84. The first-order chi connectivity index (χ1) is 16.3. The Kier molecular flexibility index (Phi) is 11.0. The van der Waals surface area contributed by atoms with Gasteiger partial charge in [-0.05, 0) is 44.4 Å². The van der Waals surface area contributed by atoms with Gasteiger partial charge in [0.25, 0.3) is 0 Å². The summed E-state index contributed by atoms with van der Waals surface area (Å²) in [6.07, 6.45) is -0.310. The lowest BCUT2D eigenvalue weighted by molar-refractivity contribution is -0.144. The molecule has 35 heavy (non-hydrogen) atoms. The lowest BCUT2D eigenvalue weighted by atomic mass is 9.95. The maximum Gasteiger partial charge on any atom is 0.408 e. The van der Waals surface area contributed by atoms with Crippen LogP contribution in [-0.2, 0) is 23.9 Å². The van der Waals surface area contributed by atoms with E-state index >= 15 is 0 Å². The Balaban J connectivity index is 3.43. The van der Waals surface area contributed by atoms with Crippen molar-refractivity contribution in [1.29, 1.82) is 5.26 Å². The number of rotatable bonds is 10. The number of nitriles is 1. The zero-order valence-corrected chi connectivity index (χ0v) is 21.0. The normalized spacial score (nSPS) is 13.4. The maximum atomic E-state index is 13.7. The molecule has 11 nitrogen and oxygen atoms in total. The second-order valence-corrected chi connectivity index (χ2v) is 8.92. The summed E-state index contributed by atoms with van der Waals surface area (Å²) in [5.41, 5.74) is -0.518. The first-order valence-electron chi connectivity index (χ1n) is 11.1. The van der Waals surface area contributed by atoms with Gasteiger partial charge in [0, 0.05) is 0 Å². The number of phenolic OH excluding ortho intramolecular Hbond substituents is 1. The number of nitrogens with zero attached hydrogens (tertiary/aromatic N) is 2. The van der Waals surface area contributed by atoms with Gasteiger partial charge in [-0.25, -0.2) is 4.79 Å². The average molecular weight is 491 g/mol. The monoisotopic (exact) mass is 490 g/mol. The van der Waals surface area contributed by atoms with E-state index in [1.807, 2.05) is 13.0 Å². The number of methoxy groups -OCH3 is 1. The van der Waals surface area contributed by atoms with E-state index in [1.54, 1.807) is 27.7 Å². The van der Waals surface area contributed by atoms with Crippen LogP contribution in [0.1, 0.15) is 52.6 Å².